The van der Waals surface area contributed by atoms with Crippen LogP contribution in [0.3, 0.4) is 0 Å². The van der Waals surface area contributed by atoms with Crippen LogP contribution in [0.15, 0.2) is 30.3 Å². The highest BCUT2D eigenvalue weighted by atomic mass is 32.2. The lowest BCUT2D eigenvalue weighted by atomic mass is 10.1. The summed E-state index contributed by atoms with van der Waals surface area (Å²) in [6, 6.07) is 5.18. The number of nitrogens with two attached hydrogens (primary N) is 1. The number of thioether (sulfide) groups is 1. The Bertz CT molecular complexity index is 729. The van der Waals surface area contributed by atoms with Crippen LogP contribution in [0.4, 0.5) is 0 Å². The summed E-state index contributed by atoms with van der Waals surface area (Å²) in [5, 5.41) is 17.0. The number of nitrogens with one attached hydrogen (secondary N) is 3. The molecule has 4 atom stereocenters. The molecule has 1 rings (SSSR count). The number of carbonyl (C=O) groups is 4. The van der Waals surface area contributed by atoms with E-state index >= 15 is 0 Å². The summed E-state index contributed by atoms with van der Waals surface area (Å²) in [5.74, 6) is -2.19. The second-order valence-electron chi connectivity index (χ2n) is 6.95. The molecule has 0 aromatic heterocycles. The Morgan fingerprint density at radius 3 is 2.10 bits per heavy atom. The molecule has 0 radical (unpaired) electrons. The maximum absolute atomic E-state index is 12.6. The number of amides is 3. The minimum atomic E-state index is -1.17. The second-order valence-corrected chi connectivity index (χ2v) is 7.94. The molecular weight excluding hydrogens is 408 g/mol. The van der Waals surface area contributed by atoms with Crippen molar-refractivity contribution < 1.29 is 24.3 Å². The highest BCUT2D eigenvalue weighted by molar-refractivity contribution is 7.98. The van der Waals surface area contributed by atoms with Crippen LogP contribution in [0.25, 0.3) is 0 Å². The number of carbonyl (C=O) groups excluding carboxylic acids is 3. The predicted octanol–water partition coefficient (Wildman–Crippen LogP) is -0.112. The standard InChI is InChI=1S/C20H30N4O5S/c1-12(21)17(25)23-15(9-10-30-3)19(27)22-13(2)18(26)24-16(20(28)29)11-14-7-5-4-6-8-14/h4-8,12-13,15-16H,9-11,21H2,1-3H3,(H,22,27)(H,23,25)(H,24,26)(H,28,29)/t12-,13-,15-,16-/m0/s1. The van der Waals surface area contributed by atoms with Crippen molar-refractivity contribution in [1.29, 1.82) is 0 Å². The SMILES string of the molecule is CSCC[C@H](NC(=O)[C@H](C)N)C(=O)N[C@@H](C)C(=O)N[C@@H](Cc1ccccc1)C(=O)O. The van der Waals surface area contributed by atoms with Crippen LogP contribution >= 0.6 is 11.8 Å². The van der Waals surface area contributed by atoms with Crippen LogP contribution < -0.4 is 21.7 Å². The normalized spacial score (nSPS) is 14.7. The van der Waals surface area contributed by atoms with E-state index in [0.29, 0.717) is 12.2 Å². The van der Waals surface area contributed by atoms with E-state index in [2.05, 4.69) is 16.0 Å². The molecule has 0 aliphatic heterocycles. The molecule has 0 bridgehead atoms. The molecule has 0 fully saturated rings. The molecule has 6 N–H and O–H groups in total. The van der Waals surface area contributed by atoms with Crippen LogP contribution in [0.1, 0.15) is 25.8 Å². The Labute approximate surface area is 180 Å². The first-order valence-corrected chi connectivity index (χ1v) is 11.0. The van der Waals surface area contributed by atoms with Crippen molar-refractivity contribution in [3.05, 3.63) is 35.9 Å². The van der Waals surface area contributed by atoms with E-state index < -0.39 is 47.9 Å². The van der Waals surface area contributed by atoms with Gasteiger partial charge in [-0.25, -0.2) is 4.79 Å². The highest BCUT2D eigenvalue weighted by Crippen LogP contribution is 2.05. The van der Waals surface area contributed by atoms with Crippen LogP contribution in [-0.2, 0) is 25.6 Å². The molecule has 0 spiro atoms. The quantitative estimate of drug-likeness (QED) is 0.305. The van der Waals surface area contributed by atoms with Crippen molar-refractivity contribution in [3.8, 4) is 0 Å². The molecule has 166 valence electrons. The number of benzene rings is 1. The highest BCUT2D eigenvalue weighted by Gasteiger charge is 2.27. The van der Waals surface area contributed by atoms with E-state index in [0.717, 1.165) is 5.56 Å². The van der Waals surface area contributed by atoms with E-state index in [1.165, 1.54) is 25.6 Å². The molecule has 0 saturated carbocycles. The number of rotatable bonds is 12. The van der Waals surface area contributed by atoms with E-state index in [9.17, 15) is 24.3 Å². The Kier molecular flexibility index (Phi) is 10.9. The van der Waals surface area contributed by atoms with Crippen LogP contribution in [0.5, 0.6) is 0 Å². The Balaban J connectivity index is 2.72. The monoisotopic (exact) mass is 438 g/mol. The summed E-state index contributed by atoms with van der Waals surface area (Å²) in [4.78, 5) is 48.4. The van der Waals surface area contributed by atoms with Gasteiger partial charge in [-0.15, -0.1) is 0 Å². The second kappa shape index (κ2) is 12.9. The third kappa shape index (κ3) is 8.83. The van der Waals surface area contributed by atoms with Crippen molar-refractivity contribution in [2.24, 2.45) is 5.73 Å². The first kappa shape index (κ1) is 25.4. The van der Waals surface area contributed by atoms with E-state index in [1.54, 1.807) is 24.3 Å². The lowest BCUT2D eigenvalue weighted by molar-refractivity contribution is -0.142. The largest absolute Gasteiger partial charge is 0.480 e. The van der Waals surface area contributed by atoms with Crippen LogP contribution in [-0.4, -0.2) is 65.0 Å². The third-order valence-electron chi connectivity index (χ3n) is 4.31. The molecular formula is C20H30N4O5S. The predicted molar refractivity (Wildman–Crippen MR) is 116 cm³/mol. The molecule has 1 aromatic carbocycles. The smallest absolute Gasteiger partial charge is 0.326 e. The molecule has 3 amide bonds. The average molecular weight is 439 g/mol. The minimum absolute atomic E-state index is 0.114. The van der Waals surface area contributed by atoms with Gasteiger partial charge in [-0.1, -0.05) is 30.3 Å². The molecule has 30 heavy (non-hydrogen) atoms. The first-order chi connectivity index (χ1) is 14.1. The molecule has 10 heteroatoms. The zero-order chi connectivity index (χ0) is 22.7. The van der Waals surface area contributed by atoms with Gasteiger partial charge in [-0.2, -0.15) is 11.8 Å². The topological polar surface area (TPSA) is 151 Å². The zero-order valence-electron chi connectivity index (χ0n) is 17.4. The van der Waals surface area contributed by atoms with Gasteiger partial charge in [0.1, 0.15) is 18.1 Å². The molecule has 1 aromatic rings. The van der Waals surface area contributed by atoms with Crippen molar-refractivity contribution in [3.63, 3.8) is 0 Å². The van der Waals surface area contributed by atoms with Gasteiger partial charge in [0.2, 0.25) is 17.7 Å². The van der Waals surface area contributed by atoms with Crippen molar-refractivity contribution >= 4 is 35.5 Å². The Hall–Kier alpha value is -2.59. The molecule has 0 unspecified atom stereocenters. The summed E-state index contributed by atoms with van der Waals surface area (Å²) in [6.07, 6.45) is 2.35. The van der Waals surface area contributed by atoms with Crippen LogP contribution in [0, 0.1) is 0 Å². The van der Waals surface area contributed by atoms with Gasteiger partial charge in [-0.05, 0) is 37.8 Å². The molecule has 0 aliphatic rings. The fraction of sp³-hybridized carbons (Fsp3) is 0.500. The number of hydrogen-bond acceptors (Lipinski definition) is 6. The van der Waals surface area contributed by atoms with E-state index in [-0.39, 0.29) is 6.42 Å². The third-order valence-corrected chi connectivity index (χ3v) is 4.95. The van der Waals surface area contributed by atoms with Gasteiger partial charge in [0.25, 0.3) is 0 Å². The zero-order valence-corrected chi connectivity index (χ0v) is 18.2. The summed E-state index contributed by atoms with van der Waals surface area (Å²) in [7, 11) is 0. The lowest BCUT2D eigenvalue weighted by Gasteiger charge is -2.23. The fourth-order valence-electron chi connectivity index (χ4n) is 2.53. The van der Waals surface area contributed by atoms with Gasteiger partial charge in [-0.3, -0.25) is 14.4 Å². The van der Waals surface area contributed by atoms with Gasteiger partial charge in [0.15, 0.2) is 0 Å². The molecule has 0 saturated heterocycles. The average Bonchev–Trinajstić information content (AvgIpc) is 2.70. The van der Waals surface area contributed by atoms with Gasteiger partial charge < -0.3 is 26.8 Å². The van der Waals surface area contributed by atoms with Gasteiger partial charge >= 0.3 is 5.97 Å². The lowest BCUT2D eigenvalue weighted by Crippen LogP contribution is -2.56. The fourth-order valence-corrected chi connectivity index (χ4v) is 3.01. The number of hydrogen-bond donors (Lipinski definition) is 5. The summed E-state index contributed by atoms with van der Waals surface area (Å²) in [5.41, 5.74) is 6.30. The number of carboxylic acids is 1. The molecule has 0 heterocycles. The van der Waals surface area contributed by atoms with Crippen molar-refractivity contribution in [1.82, 2.24) is 16.0 Å². The maximum atomic E-state index is 12.6. The van der Waals surface area contributed by atoms with E-state index in [4.69, 9.17) is 5.73 Å². The van der Waals surface area contributed by atoms with Crippen molar-refractivity contribution in [2.75, 3.05) is 12.0 Å². The summed E-state index contributed by atoms with van der Waals surface area (Å²) >= 11 is 1.51. The first-order valence-electron chi connectivity index (χ1n) is 9.58. The number of carboxylic acid groups (broad SMARTS) is 1. The minimum Gasteiger partial charge on any atom is -0.480 e. The summed E-state index contributed by atoms with van der Waals surface area (Å²) < 4.78 is 0. The maximum Gasteiger partial charge on any atom is 0.326 e. The molecule has 9 nitrogen and oxygen atoms in total. The van der Waals surface area contributed by atoms with Crippen molar-refractivity contribution in [2.45, 2.75) is 50.9 Å². The van der Waals surface area contributed by atoms with Gasteiger partial charge in [0.05, 0.1) is 6.04 Å². The van der Waals surface area contributed by atoms with Gasteiger partial charge in [0, 0.05) is 6.42 Å². The number of aliphatic carboxylic acids is 1. The Morgan fingerprint density at radius 2 is 1.57 bits per heavy atom. The van der Waals surface area contributed by atoms with Crippen LogP contribution in [0.2, 0.25) is 0 Å². The summed E-state index contributed by atoms with van der Waals surface area (Å²) in [6.45, 7) is 2.96. The Morgan fingerprint density at radius 1 is 0.967 bits per heavy atom. The van der Waals surface area contributed by atoms with E-state index in [1.807, 2.05) is 12.3 Å². The molecule has 0 aliphatic carbocycles.